The van der Waals surface area contributed by atoms with Crippen molar-refractivity contribution in [1.29, 1.82) is 0 Å². The predicted molar refractivity (Wildman–Crippen MR) is 148 cm³/mol. The van der Waals surface area contributed by atoms with Crippen LogP contribution in [0.1, 0.15) is 26.2 Å². The first kappa shape index (κ1) is 24.0. The Morgan fingerprint density at radius 3 is 2.68 bits per heavy atom. The standard InChI is InChI=1S/C27H30N10O/c1-3-4-5-23(38)31-19-10-17(12-28-14-19)18-11-20-24(34-35-26(20)30-13-18)27-32-21-15-29-16-22(25(21)33-27)37-8-6-36(2)7-9-37/h10-16H,3-9H2,1-2H3,(H,31,38)(H,32,33)(H,30,34,35). The number of hydrogen-bond acceptors (Lipinski definition) is 8. The van der Waals surface area contributed by atoms with Crippen molar-refractivity contribution in [2.45, 2.75) is 26.2 Å². The monoisotopic (exact) mass is 510 g/mol. The molecule has 0 spiro atoms. The van der Waals surface area contributed by atoms with Gasteiger partial charge < -0.3 is 20.1 Å². The van der Waals surface area contributed by atoms with Crippen LogP contribution < -0.4 is 10.2 Å². The Kier molecular flexibility index (Phi) is 6.42. The van der Waals surface area contributed by atoms with Gasteiger partial charge in [0.1, 0.15) is 11.2 Å². The van der Waals surface area contributed by atoms with Crippen molar-refractivity contribution in [3.63, 3.8) is 0 Å². The van der Waals surface area contributed by atoms with E-state index in [1.54, 1.807) is 24.8 Å². The van der Waals surface area contributed by atoms with Crippen LogP contribution in [0.5, 0.6) is 0 Å². The Hall–Kier alpha value is -4.38. The number of aromatic amines is 2. The van der Waals surface area contributed by atoms with Gasteiger partial charge in [0, 0.05) is 56.1 Å². The van der Waals surface area contributed by atoms with Crippen LogP contribution in [-0.4, -0.2) is 79.2 Å². The summed E-state index contributed by atoms with van der Waals surface area (Å²) >= 11 is 0. The number of pyridine rings is 3. The van der Waals surface area contributed by atoms with Crippen LogP contribution in [0.3, 0.4) is 0 Å². The van der Waals surface area contributed by atoms with Gasteiger partial charge in [-0.15, -0.1) is 0 Å². The van der Waals surface area contributed by atoms with Crippen molar-refractivity contribution in [1.82, 2.24) is 40.0 Å². The van der Waals surface area contributed by atoms with Crippen LogP contribution in [0.4, 0.5) is 11.4 Å². The molecular weight excluding hydrogens is 480 g/mol. The lowest BCUT2D eigenvalue weighted by molar-refractivity contribution is -0.116. The molecule has 1 aliphatic rings. The summed E-state index contributed by atoms with van der Waals surface area (Å²) in [7, 11) is 2.14. The Labute approximate surface area is 219 Å². The lowest BCUT2D eigenvalue weighted by atomic mass is 10.1. The minimum atomic E-state index is -0.00758. The number of nitrogens with zero attached hydrogens (tertiary/aromatic N) is 7. The van der Waals surface area contributed by atoms with E-state index in [2.05, 4.69) is 59.2 Å². The van der Waals surface area contributed by atoms with Crippen molar-refractivity contribution >= 4 is 39.3 Å². The van der Waals surface area contributed by atoms with Gasteiger partial charge in [-0.05, 0) is 25.6 Å². The average Bonchev–Trinajstić information content (AvgIpc) is 3.56. The number of unbranched alkanes of at least 4 members (excludes halogenated alkanes) is 1. The molecule has 0 bridgehead atoms. The molecule has 11 nitrogen and oxygen atoms in total. The van der Waals surface area contributed by atoms with E-state index in [1.807, 2.05) is 18.3 Å². The average molecular weight is 511 g/mol. The molecule has 5 aromatic heterocycles. The number of anilines is 2. The maximum Gasteiger partial charge on any atom is 0.224 e. The minimum absolute atomic E-state index is 0.00758. The van der Waals surface area contributed by atoms with Crippen LogP contribution in [0, 0.1) is 0 Å². The minimum Gasteiger partial charge on any atom is -0.366 e. The Morgan fingerprint density at radius 1 is 1.03 bits per heavy atom. The van der Waals surface area contributed by atoms with Gasteiger partial charge in [0.2, 0.25) is 5.91 Å². The second-order valence-electron chi connectivity index (χ2n) is 9.74. The molecule has 6 rings (SSSR count). The second kappa shape index (κ2) is 10.2. The number of nitrogens with one attached hydrogen (secondary N) is 3. The quantitative estimate of drug-likeness (QED) is 0.301. The highest BCUT2D eigenvalue weighted by Gasteiger charge is 2.20. The molecular formula is C27H30N10O. The number of hydrogen-bond donors (Lipinski definition) is 3. The van der Waals surface area contributed by atoms with Crippen LogP contribution in [0.25, 0.3) is 44.7 Å². The Balaban J connectivity index is 1.33. The maximum atomic E-state index is 12.2. The van der Waals surface area contributed by atoms with Gasteiger partial charge >= 0.3 is 0 Å². The summed E-state index contributed by atoms with van der Waals surface area (Å²) in [6, 6.07) is 3.93. The molecule has 0 aromatic carbocycles. The van der Waals surface area contributed by atoms with Gasteiger partial charge in [-0.2, -0.15) is 5.10 Å². The molecule has 1 fully saturated rings. The van der Waals surface area contributed by atoms with Gasteiger partial charge in [-0.25, -0.2) is 9.97 Å². The number of imidazole rings is 1. The zero-order valence-corrected chi connectivity index (χ0v) is 21.5. The summed E-state index contributed by atoms with van der Waals surface area (Å²) in [6.45, 7) is 5.95. The van der Waals surface area contributed by atoms with Gasteiger partial charge in [0.15, 0.2) is 11.5 Å². The van der Waals surface area contributed by atoms with E-state index in [0.717, 1.165) is 77.9 Å². The van der Waals surface area contributed by atoms with Crippen molar-refractivity contribution in [3.8, 4) is 22.6 Å². The lowest BCUT2D eigenvalue weighted by Gasteiger charge is -2.33. The van der Waals surface area contributed by atoms with Gasteiger partial charge in [-0.1, -0.05) is 13.3 Å². The fourth-order valence-electron chi connectivity index (χ4n) is 4.78. The SMILES string of the molecule is CCCCC(=O)Nc1cncc(-c2cnc3n[nH]c(-c4nc5c(N6CCN(C)CC6)cncc5[nH]4)c3c2)c1. The number of likely N-dealkylation sites (N-methyl/N-ethyl adjacent to an activating group) is 1. The number of H-pyrrole nitrogens is 2. The van der Waals surface area contributed by atoms with Crippen molar-refractivity contribution in [2.75, 3.05) is 43.4 Å². The molecule has 0 radical (unpaired) electrons. The van der Waals surface area contributed by atoms with Crippen molar-refractivity contribution < 1.29 is 4.79 Å². The third kappa shape index (κ3) is 4.68. The van der Waals surface area contributed by atoms with E-state index in [1.165, 1.54) is 0 Å². The fourth-order valence-corrected chi connectivity index (χ4v) is 4.78. The summed E-state index contributed by atoms with van der Waals surface area (Å²) in [5.41, 5.74) is 6.53. The van der Waals surface area contributed by atoms with E-state index in [0.29, 0.717) is 23.6 Å². The van der Waals surface area contributed by atoms with E-state index in [-0.39, 0.29) is 5.91 Å². The van der Waals surface area contributed by atoms with Crippen LogP contribution in [0.15, 0.2) is 43.1 Å². The van der Waals surface area contributed by atoms with Crippen LogP contribution >= 0.6 is 0 Å². The molecule has 5 aromatic rings. The molecule has 1 saturated heterocycles. The molecule has 194 valence electrons. The number of aromatic nitrogens is 7. The molecule has 1 amide bonds. The normalized spacial score (nSPS) is 14.4. The van der Waals surface area contributed by atoms with E-state index in [4.69, 9.17) is 4.98 Å². The molecule has 11 heteroatoms. The molecule has 0 atom stereocenters. The third-order valence-corrected chi connectivity index (χ3v) is 6.98. The topological polar surface area (TPSA) is 132 Å². The fraction of sp³-hybridized carbons (Fsp3) is 0.333. The molecule has 0 saturated carbocycles. The molecule has 0 aliphatic carbocycles. The molecule has 0 unspecified atom stereocenters. The molecule has 6 heterocycles. The first-order valence-electron chi connectivity index (χ1n) is 13.0. The zero-order valence-electron chi connectivity index (χ0n) is 21.5. The third-order valence-electron chi connectivity index (χ3n) is 6.98. The summed E-state index contributed by atoms with van der Waals surface area (Å²) in [5.74, 6) is 0.673. The highest BCUT2D eigenvalue weighted by atomic mass is 16.1. The highest BCUT2D eigenvalue weighted by Crippen LogP contribution is 2.32. The van der Waals surface area contributed by atoms with Gasteiger partial charge in [-0.3, -0.25) is 19.9 Å². The van der Waals surface area contributed by atoms with Gasteiger partial charge in [0.25, 0.3) is 0 Å². The molecule has 1 aliphatic heterocycles. The van der Waals surface area contributed by atoms with E-state index >= 15 is 0 Å². The predicted octanol–water partition coefficient (Wildman–Crippen LogP) is 3.84. The summed E-state index contributed by atoms with van der Waals surface area (Å²) in [6.07, 6.45) is 11.2. The molecule has 38 heavy (non-hydrogen) atoms. The lowest BCUT2D eigenvalue weighted by Crippen LogP contribution is -2.44. The van der Waals surface area contributed by atoms with Crippen molar-refractivity contribution in [2.24, 2.45) is 0 Å². The number of amides is 1. The number of rotatable bonds is 7. The van der Waals surface area contributed by atoms with Gasteiger partial charge in [0.05, 0.1) is 40.9 Å². The first-order valence-corrected chi connectivity index (χ1v) is 13.0. The smallest absolute Gasteiger partial charge is 0.224 e. The maximum absolute atomic E-state index is 12.2. The number of carbonyl (C=O) groups is 1. The summed E-state index contributed by atoms with van der Waals surface area (Å²) in [5, 5.41) is 11.3. The summed E-state index contributed by atoms with van der Waals surface area (Å²) in [4.78, 5) is 38.6. The van der Waals surface area contributed by atoms with E-state index < -0.39 is 0 Å². The van der Waals surface area contributed by atoms with E-state index in [9.17, 15) is 4.79 Å². The largest absolute Gasteiger partial charge is 0.366 e. The zero-order chi connectivity index (χ0) is 26.1. The molecule has 3 N–H and O–H groups in total. The van der Waals surface area contributed by atoms with Crippen LogP contribution in [0.2, 0.25) is 0 Å². The second-order valence-corrected chi connectivity index (χ2v) is 9.74. The number of piperazine rings is 1. The summed E-state index contributed by atoms with van der Waals surface area (Å²) < 4.78 is 0. The van der Waals surface area contributed by atoms with Crippen molar-refractivity contribution in [3.05, 3.63) is 43.1 Å². The first-order chi connectivity index (χ1) is 18.6. The number of fused-ring (bicyclic) bond motifs is 2. The Bertz CT molecular complexity index is 1600. The van der Waals surface area contributed by atoms with Crippen LogP contribution in [-0.2, 0) is 4.79 Å². The number of carbonyl (C=O) groups excluding carboxylic acids is 1. The highest BCUT2D eigenvalue weighted by molar-refractivity contribution is 5.96. The Morgan fingerprint density at radius 2 is 1.84 bits per heavy atom.